The molecule has 0 fully saturated rings. The second-order valence-corrected chi connectivity index (χ2v) is 3.28. The Morgan fingerprint density at radius 1 is 1.38 bits per heavy atom. The standard InChI is InChI=1S/C8H13F3IN/c1-2-3-4-5-6-7(13-12)8(9,10)11/h3-4,7,13H,2,5-6H2,1H3/b4-3+. The maximum atomic E-state index is 12.1. The van der Waals surface area contributed by atoms with E-state index in [0.29, 0.717) is 6.42 Å². The maximum Gasteiger partial charge on any atom is 0.404 e. The normalized spacial score (nSPS) is 15.2. The molecule has 0 saturated carbocycles. The lowest BCUT2D eigenvalue weighted by Crippen LogP contribution is -2.36. The summed E-state index contributed by atoms with van der Waals surface area (Å²) in [4.78, 5) is 0. The van der Waals surface area contributed by atoms with Gasteiger partial charge in [-0.25, -0.2) is 3.53 Å². The topological polar surface area (TPSA) is 12.0 Å². The van der Waals surface area contributed by atoms with Crippen molar-refractivity contribution in [2.75, 3.05) is 0 Å². The number of rotatable bonds is 5. The molecule has 0 saturated heterocycles. The van der Waals surface area contributed by atoms with Crippen LogP contribution in [-0.2, 0) is 0 Å². The van der Waals surface area contributed by atoms with Crippen molar-refractivity contribution in [3.05, 3.63) is 12.2 Å². The van der Waals surface area contributed by atoms with Gasteiger partial charge in [0.25, 0.3) is 0 Å². The molecule has 1 unspecified atom stereocenters. The van der Waals surface area contributed by atoms with Gasteiger partial charge in [0, 0.05) is 22.9 Å². The summed E-state index contributed by atoms with van der Waals surface area (Å²) in [5, 5.41) is 0. The van der Waals surface area contributed by atoms with Crippen molar-refractivity contribution in [1.29, 1.82) is 0 Å². The second-order valence-electron chi connectivity index (χ2n) is 2.66. The molecule has 1 atom stereocenters. The van der Waals surface area contributed by atoms with E-state index < -0.39 is 12.2 Å². The molecule has 0 aliphatic carbocycles. The van der Waals surface area contributed by atoms with Crippen LogP contribution in [0.5, 0.6) is 0 Å². The van der Waals surface area contributed by atoms with Crippen LogP contribution in [0.4, 0.5) is 13.2 Å². The van der Waals surface area contributed by atoms with Crippen molar-refractivity contribution in [3.63, 3.8) is 0 Å². The highest BCUT2D eigenvalue weighted by Gasteiger charge is 2.38. The van der Waals surface area contributed by atoms with E-state index in [1.54, 1.807) is 28.9 Å². The Morgan fingerprint density at radius 3 is 2.38 bits per heavy atom. The third-order valence-electron chi connectivity index (χ3n) is 1.55. The quantitative estimate of drug-likeness (QED) is 0.465. The fourth-order valence-electron chi connectivity index (χ4n) is 0.827. The molecule has 5 heteroatoms. The van der Waals surface area contributed by atoms with Crippen molar-refractivity contribution >= 4 is 22.9 Å². The summed E-state index contributed by atoms with van der Waals surface area (Å²) in [5.74, 6) is 0. The van der Waals surface area contributed by atoms with Gasteiger partial charge in [0.15, 0.2) is 0 Å². The van der Waals surface area contributed by atoms with Gasteiger partial charge >= 0.3 is 6.18 Å². The van der Waals surface area contributed by atoms with E-state index in [-0.39, 0.29) is 6.42 Å². The number of halogens is 4. The summed E-state index contributed by atoms with van der Waals surface area (Å²) in [5.41, 5.74) is 0. The highest BCUT2D eigenvalue weighted by Crippen LogP contribution is 2.24. The van der Waals surface area contributed by atoms with Crippen molar-refractivity contribution in [1.82, 2.24) is 3.53 Å². The van der Waals surface area contributed by atoms with Crippen LogP contribution in [0.3, 0.4) is 0 Å². The zero-order valence-electron chi connectivity index (χ0n) is 7.37. The van der Waals surface area contributed by atoms with Crippen LogP contribution < -0.4 is 3.53 Å². The Hall–Kier alpha value is 0.220. The molecule has 0 bridgehead atoms. The lowest BCUT2D eigenvalue weighted by Gasteiger charge is -2.17. The monoisotopic (exact) mass is 307 g/mol. The molecular weight excluding hydrogens is 294 g/mol. The van der Waals surface area contributed by atoms with Crippen LogP contribution in [0.1, 0.15) is 26.2 Å². The Bertz CT molecular complexity index is 156. The summed E-state index contributed by atoms with van der Waals surface area (Å²) in [6, 6.07) is -1.39. The summed E-state index contributed by atoms with van der Waals surface area (Å²) in [6.07, 6.45) is 0.958. The number of hydrogen-bond acceptors (Lipinski definition) is 1. The first-order chi connectivity index (χ1) is 6.02. The highest BCUT2D eigenvalue weighted by molar-refractivity contribution is 14.1. The summed E-state index contributed by atoms with van der Waals surface area (Å²) in [6.45, 7) is 1.95. The highest BCUT2D eigenvalue weighted by atomic mass is 127. The first-order valence-corrected chi connectivity index (χ1v) is 5.18. The number of hydrogen-bond donors (Lipinski definition) is 1. The molecule has 0 aliphatic heterocycles. The van der Waals surface area contributed by atoms with Crippen LogP contribution in [-0.4, -0.2) is 12.2 Å². The molecule has 0 spiro atoms. The molecular formula is C8H13F3IN. The smallest absolute Gasteiger partial charge is 0.249 e. The summed E-state index contributed by atoms with van der Waals surface area (Å²) < 4.78 is 38.6. The number of nitrogens with one attached hydrogen (secondary N) is 1. The minimum Gasteiger partial charge on any atom is -0.249 e. The largest absolute Gasteiger partial charge is 0.404 e. The third-order valence-corrected chi connectivity index (χ3v) is 2.30. The fraction of sp³-hybridized carbons (Fsp3) is 0.750. The number of allylic oxidation sites excluding steroid dienone is 2. The lowest BCUT2D eigenvalue weighted by atomic mass is 10.1. The fourth-order valence-corrected chi connectivity index (χ4v) is 1.49. The first-order valence-electron chi connectivity index (χ1n) is 4.10. The zero-order valence-corrected chi connectivity index (χ0v) is 9.52. The molecule has 1 N–H and O–H groups in total. The molecule has 0 aromatic rings. The lowest BCUT2D eigenvalue weighted by molar-refractivity contribution is -0.150. The van der Waals surface area contributed by atoms with Crippen molar-refractivity contribution in [2.24, 2.45) is 0 Å². The van der Waals surface area contributed by atoms with Crippen LogP contribution in [0.25, 0.3) is 0 Å². The van der Waals surface area contributed by atoms with Crippen LogP contribution in [0, 0.1) is 0 Å². The summed E-state index contributed by atoms with van der Waals surface area (Å²) >= 11 is 1.54. The van der Waals surface area contributed by atoms with Gasteiger partial charge in [0.1, 0.15) is 6.04 Å². The van der Waals surface area contributed by atoms with Gasteiger partial charge in [-0.2, -0.15) is 13.2 Å². The molecule has 78 valence electrons. The molecule has 0 aliphatic rings. The van der Waals surface area contributed by atoms with Gasteiger partial charge in [0.2, 0.25) is 0 Å². The van der Waals surface area contributed by atoms with Crippen molar-refractivity contribution < 1.29 is 13.2 Å². The van der Waals surface area contributed by atoms with Gasteiger partial charge in [-0.3, -0.25) is 0 Å². The van der Waals surface area contributed by atoms with Crippen LogP contribution in [0.2, 0.25) is 0 Å². The van der Waals surface area contributed by atoms with Gasteiger partial charge in [-0.1, -0.05) is 19.1 Å². The van der Waals surface area contributed by atoms with E-state index in [9.17, 15) is 13.2 Å². The van der Waals surface area contributed by atoms with Gasteiger partial charge in [-0.15, -0.1) is 0 Å². The molecule has 0 radical (unpaired) electrons. The predicted molar refractivity (Wildman–Crippen MR) is 55.7 cm³/mol. The van der Waals surface area contributed by atoms with Crippen molar-refractivity contribution in [3.8, 4) is 0 Å². The molecule has 13 heavy (non-hydrogen) atoms. The Morgan fingerprint density at radius 2 is 2.00 bits per heavy atom. The first kappa shape index (κ1) is 13.2. The average molecular weight is 307 g/mol. The molecule has 0 heterocycles. The predicted octanol–water partition coefficient (Wildman–Crippen LogP) is 3.60. The van der Waals surface area contributed by atoms with Gasteiger partial charge in [0.05, 0.1) is 0 Å². The minimum absolute atomic E-state index is 0.100. The second kappa shape index (κ2) is 6.64. The average Bonchev–Trinajstić information content (AvgIpc) is 2.02. The van der Waals surface area contributed by atoms with E-state index in [1.807, 2.05) is 13.0 Å². The van der Waals surface area contributed by atoms with Gasteiger partial charge in [-0.05, 0) is 19.3 Å². The molecule has 1 nitrogen and oxygen atoms in total. The van der Waals surface area contributed by atoms with E-state index in [2.05, 4.69) is 3.53 Å². The SMILES string of the molecule is CC/C=C/CCC(NI)C(F)(F)F. The Kier molecular flexibility index (Phi) is 6.75. The van der Waals surface area contributed by atoms with Crippen LogP contribution in [0.15, 0.2) is 12.2 Å². The molecule has 0 aromatic heterocycles. The Labute approximate surface area is 90.3 Å². The number of alkyl halides is 3. The summed E-state index contributed by atoms with van der Waals surface area (Å²) in [7, 11) is 0. The molecule has 0 aromatic carbocycles. The van der Waals surface area contributed by atoms with Crippen molar-refractivity contribution in [2.45, 2.75) is 38.4 Å². The van der Waals surface area contributed by atoms with E-state index in [1.165, 1.54) is 0 Å². The molecule has 0 amide bonds. The molecule has 0 rings (SSSR count). The van der Waals surface area contributed by atoms with Crippen LogP contribution >= 0.6 is 22.9 Å². The van der Waals surface area contributed by atoms with Gasteiger partial charge < -0.3 is 0 Å². The minimum atomic E-state index is -4.14. The zero-order chi connectivity index (χ0) is 10.3. The van der Waals surface area contributed by atoms with E-state index in [4.69, 9.17) is 0 Å². The third kappa shape index (κ3) is 6.31. The maximum absolute atomic E-state index is 12.1. The van der Waals surface area contributed by atoms with E-state index >= 15 is 0 Å². The van der Waals surface area contributed by atoms with E-state index in [0.717, 1.165) is 6.42 Å². The Balaban J connectivity index is 3.80.